The maximum Gasteiger partial charge on any atom is 0.244 e. The van der Waals surface area contributed by atoms with E-state index in [4.69, 9.17) is 25.8 Å². The van der Waals surface area contributed by atoms with Crippen molar-refractivity contribution in [2.45, 2.75) is 39.5 Å². The Labute approximate surface area is 194 Å². The standard InChI is InChI=1S/C24H30ClN3O4/c1-5-31-21-11-18(10-20(25)24(21)30-4)7-9-23(29)27-13-19-6-8-22(26-12-19)28-14-16(2)32-17(3)15-28/h6-12,16-17H,5,13-15H2,1-4H3,(H,27,29)/b9-7+. The second kappa shape index (κ2) is 11.2. The normalized spacial score (nSPS) is 18.6. The van der Waals surface area contributed by atoms with Crippen molar-refractivity contribution in [1.82, 2.24) is 10.3 Å². The van der Waals surface area contributed by atoms with Gasteiger partial charge in [0.1, 0.15) is 5.82 Å². The third kappa shape index (κ3) is 6.37. The number of morpholine rings is 1. The molecule has 0 bridgehead atoms. The molecule has 2 unspecified atom stereocenters. The van der Waals surface area contributed by atoms with Crippen LogP contribution in [0, 0.1) is 0 Å². The minimum Gasteiger partial charge on any atom is -0.491 e. The number of hydrogen-bond acceptors (Lipinski definition) is 6. The molecule has 2 heterocycles. The van der Waals surface area contributed by atoms with Crippen molar-refractivity contribution >= 4 is 29.4 Å². The first-order chi connectivity index (χ1) is 15.4. The van der Waals surface area contributed by atoms with Crippen molar-refractivity contribution in [1.29, 1.82) is 0 Å². The van der Waals surface area contributed by atoms with Crippen LogP contribution in [-0.4, -0.2) is 49.9 Å². The first kappa shape index (κ1) is 23.9. The molecule has 1 aliphatic rings. The van der Waals surface area contributed by atoms with E-state index in [9.17, 15) is 4.79 Å². The number of rotatable bonds is 8. The van der Waals surface area contributed by atoms with Gasteiger partial charge in [0.25, 0.3) is 0 Å². The second-order valence-corrected chi connectivity index (χ2v) is 8.11. The number of hydrogen-bond donors (Lipinski definition) is 1. The average Bonchev–Trinajstić information content (AvgIpc) is 2.76. The highest BCUT2D eigenvalue weighted by atomic mass is 35.5. The van der Waals surface area contributed by atoms with Gasteiger partial charge in [-0.05, 0) is 56.2 Å². The zero-order chi connectivity index (χ0) is 23.1. The van der Waals surface area contributed by atoms with Gasteiger partial charge < -0.3 is 24.4 Å². The Morgan fingerprint density at radius 1 is 1.31 bits per heavy atom. The molecule has 0 saturated carbocycles. The Kier molecular flexibility index (Phi) is 8.36. The van der Waals surface area contributed by atoms with Crippen LogP contribution in [0.5, 0.6) is 11.5 Å². The number of ether oxygens (including phenoxy) is 3. The minimum absolute atomic E-state index is 0.177. The molecular weight excluding hydrogens is 430 g/mol. The van der Waals surface area contributed by atoms with Gasteiger partial charge in [-0.2, -0.15) is 0 Å². The number of carbonyl (C=O) groups excluding carboxylic acids is 1. The van der Waals surface area contributed by atoms with E-state index in [1.807, 2.05) is 19.1 Å². The summed E-state index contributed by atoms with van der Waals surface area (Å²) >= 11 is 6.25. The summed E-state index contributed by atoms with van der Waals surface area (Å²) in [6.45, 7) is 8.52. The number of carbonyl (C=O) groups is 1. The van der Waals surface area contributed by atoms with Crippen LogP contribution in [0.1, 0.15) is 31.9 Å². The van der Waals surface area contributed by atoms with Gasteiger partial charge in [0.05, 0.1) is 30.9 Å². The van der Waals surface area contributed by atoms with Gasteiger partial charge >= 0.3 is 0 Å². The lowest BCUT2D eigenvalue weighted by Crippen LogP contribution is -2.45. The van der Waals surface area contributed by atoms with Gasteiger partial charge in [-0.1, -0.05) is 17.7 Å². The fraction of sp³-hybridized carbons (Fsp3) is 0.417. The van der Waals surface area contributed by atoms with E-state index in [1.54, 1.807) is 24.4 Å². The van der Waals surface area contributed by atoms with Crippen molar-refractivity contribution in [2.24, 2.45) is 0 Å². The zero-order valence-corrected chi connectivity index (χ0v) is 19.7. The molecule has 1 saturated heterocycles. The van der Waals surface area contributed by atoms with Crippen LogP contribution < -0.4 is 19.7 Å². The highest BCUT2D eigenvalue weighted by Gasteiger charge is 2.23. The van der Waals surface area contributed by atoms with E-state index in [1.165, 1.54) is 13.2 Å². The topological polar surface area (TPSA) is 72.9 Å². The number of halogens is 1. The van der Waals surface area contributed by atoms with Crippen molar-refractivity contribution in [2.75, 3.05) is 31.7 Å². The third-order valence-electron chi connectivity index (χ3n) is 4.98. The molecule has 1 aromatic carbocycles. The SMILES string of the molecule is CCOc1cc(/C=C/C(=O)NCc2ccc(N3CC(C)OC(C)C3)nc2)cc(Cl)c1OC. The number of methoxy groups -OCH3 is 1. The lowest BCUT2D eigenvalue weighted by molar-refractivity contribution is -0.116. The summed E-state index contributed by atoms with van der Waals surface area (Å²) < 4.78 is 16.6. The molecule has 0 spiro atoms. The summed E-state index contributed by atoms with van der Waals surface area (Å²) in [6.07, 6.45) is 5.30. The molecule has 3 rings (SSSR count). The molecule has 1 amide bonds. The number of anilines is 1. The summed E-state index contributed by atoms with van der Waals surface area (Å²) in [5, 5.41) is 3.30. The Hall–Kier alpha value is -2.77. The van der Waals surface area contributed by atoms with Crippen LogP contribution in [0.25, 0.3) is 6.08 Å². The Morgan fingerprint density at radius 3 is 2.69 bits per heavy atom. The van der Waals surface area contributed by atoms with Crippen molar-refractivity contribution < 1.29 is 19.0 Å². The Morgan fingerprint density at radius 2 is 2.06 bits per heavy atom. The van der Waals surface area contributed by atoms with Crippen LogP contribution in [0.2, 0.25) is 5.02 Å². The van der Waals surface area contributed by atoms with Gasteiger partial charge in [-0.15, -0.1) is 0 Å². The fourth-order valence-electron chi connectivity index (χ4n) is 3.64. The van der Waals surface area contributed by atoms with E-state index in [-0.39, 0.29) is 18.1 Å². The summed E-state index contributed by atoms with van der Waals surface area (Å²) in [5.41, 5.74) is 1.67. The summed E-state index contributed by atoms with van der Waals surface area (Å²) in [4.78, 5) is 19.0. The molecule has 0 aliphatic carbocycles. The van der Waals surface area contributed by atoms with Gasteiger partial charge in [-0.25, -0.2) is 4.98 Å². The van der Waals surface area contributed by atoms with Crippen LogP contribution in [0.15, 0.2) is 36.5 Å². The van der Waals surface area contributed by atoms with Crippen molar-refractivity contribution in [3.63, 3.8) is 0 Å². The number of amides is 1. The van der Waals surface area contributed by atoms with Gasteiger partial charge in [0.2, 0.25) is 5.91 Å². The molecule has 0 radical (unpaired) electrons. The average molecular weight is 460 g/mol. The molecular formula is C24H30ClN3O4. The van der Waals surface area contributed by atoms with E-state index < -0.39 is 0 Å². The molecule has 1 aromatic heterocycles. The molecule has 8 heteroatoms. The van der Waals surface area contributed by atoms with Gasteiger partial charge in [0, 0.05) is 31.9 Å². The second-order valence-electron chi connectivity index (χ2n) is 7.71. The first-order valence-electron chi connectivity index (χ1n) is 10.7. The molecule has 32 heavy (non-hydrogen) atoms. The molecule has 172 valence electrons. The first-order valence-corrected chi connectivity index (χ1v) is 11.1. The predicted molar refractivity (Wildman–Crippen MR) is 127 cm³/mol. The summed E-state index contributed by atoms with van der Waals surface area (Å²) in [5.74, 6) is 1.73. The maximum atomic E-state index is 12.3. The zero-order valence-electron chi connectivity index (χ0n) is 18.9. The van der Waals surface area contributed by atoms with Crippen LogP contribution in [-0.2, 0) is 16.1 Å². The Balaban J connectivity index is 1.56. The van der Waals surface area contributed by atoms with E-state index in [0.29, 0.717) is 29.7 Å². The predicted octanol–water partition coefficient (Wildman–Crippen LogP) is 4.09. The van der Waals surface area contributed by atoms with Crippen LogP contribution >= 0.6 is 11.6 Å². The van der Waals surface area contributed by atoms with Crippen molar-refractivity contribution in [3.8, 4) is 11.5 Å². The number of aromatic nitrogens is 1. The largest absolute Gasteiger partial charge is 0.491 e. The number of benzene rings is 1. The Bertz CT molecular complexity index is 939. The van der Waals surface area contributed by atoms with E-state index in [2.05, 4.69) is 29.0 Å². The molecule has 1 fully saturated rings. The number of pyridine rings is 1. The van der Waals surface area contributed by atoms with Crippen LogP contribution in [0.3, 0.4) is 0 Å². The maximum absolute atomic E-state index is 12.3. The minimum atomic E-state index is -0.213. The van der Waals surface area contributed by atoms with Crippen molar-refractivity contribution in [3.05, 3.63) is 52.7 Å². The molecule has 7 nitrogen and oxygen atoms in total. The number of nitrogens with zero attached hydrogens (tertiary/aromatic N) is 2. The lowest BCUT2D eigenvalue weighted by atomic mass is 10.2. The van der Waals surface area contributed by atoms with Gasteiger partial charge in [-0.3, -0.25) is 4.79 Å². The number of nitrogens with one attached hydrogen (secondary N) is 1. The highest BCUT2D eigenvalue weighted by molar-refractivity contribution is 6.32. The molecule has 1 aliphatic heterocycles. The lowest BCUT2D eigenvalue weighted by Gasteiger charge is -2.36. The highest BCUT2D eigenvalue weighted by Crippen LogP contribution is 2.36. The fourth-order valence-corrected chi connectivity index (χ4v) is 3.93. The summed E-state index contributed by atoms with van der Waals surface area (Å²) in [6, 6.07) is 7.47. The quantitative estimate of drug-likeness (QED) is 0.599. The monoisotopic (exact) mass is 459 g/mol. The molecule has 2 aromatic rings. The molecule has 2 atom stereocenters. The van der Waals surface area contributed by atoms with Crippen LogP contribution in [0.4, 0.5) is 5.82 Å². The van der Waals surface area contributed by atoms with E-state index >= 15 is 0 Å². The summed E-state index contributed by atoms with van der Waals surface area (Å²) in [7, 11) is 1.54. The molecule has 1 N–H and O–H groups in total. The van der Waals surface area contributed by atoms with E-state index in [0.717, 1.165) is 30.0 Å². The smallest absolute Gasteiger partial charge is 0.244 e. The third-order valence-corrected chi connectivity index (χ3v) is 5.26. The van der Waals surface area contributed by atoms with Gasteiger partial charge in [0.15, 0.2) is 11.5 Å².